The van der Waals surface area contributed by atoms with Crippen LogP contribution in [0.4, 0.5) is 5.69 Å². The van der Waals surface area contributed by atoms with Crippen molar-refractivity contribution in [3.63, 3.8) is 0 Å². The van der Waals surface area contributed by atoms with Crippen molar-refractivity contribution in [3.8, 4) is 11.8 Å². The Morgan fingerprint density at radius 1 is 1.00 bits per heavy atom. The number of sulfonamides is 1. The van der Waals surface area contributed by atoms with Crippen molar-refractivity contribution in [1.29, 1.82) is 5.26 Å². The monoisotopic (exact) mass is 516 g/mol. The van der Waals surface area contributed by atoms with Gasteiger partial charge in [0.05, 0.1) is 35.4 Å². The Labute approximate surface area is 214 Å². The quantitative estimate of drug-likeness (QED) is 0.458. The Kier molecular flexibility index (Phi) is 7.11. The highest BCUT2D eigenvalue weighted by Gasteiger charge is 2.50. The normalized spacial score (nSPS) is 17.8. The van der Waals surface area contributed by atoms with Gasteiger partial charge in [0.15, 0.2) is 5.78 Å². The Bertz CT molecular complexity index is 1510. The van der Waals surface area contributed by atoms with E-state index in [4.69, 9.17) is 10.5 Å². The Morgan fingerprint density at radius 3 is 2.16 bits per heavy atom. The zero-order valence-corrected chi connectivity index (χ0v) is 20.9. The summed E-state index contributed by atoms with van der Waals surface area (Å²) in [5.41, 5.74) is 7.31. The number of methoxy groups -OCH3 is 1. The lowest BCUT2D eigenvalue weighted by atomic mass is 10.00. The average molecular weight is 517 g/mol. The highest BCUT2D eigenvalue weighted by molar-refractivity contribution is 7.89. The fraction of sp³-hybridized carbons (Fsp3) is 0.148. The number of nitrogens with one attached hydrogen (secondary N) is 1. The van der Waals surface area contributed by atoms with Crippen LogP contribution in [0.1, 0.15) is 28.9 Å². The second-order valence-corrected chi connectivity index (χ2v) is 10.2. The van der Waals surface area contributed by atoms with Crippen LogP contribution >= 0.6 is 0 Å². The lowest BCUT2D eigenvalue weighted by Gasteiger charge is -2.30. The summed E-state index contributed by atoms with van der Waals surface area (Å²) in [7, 11) is -2.88. The van der Waals surface area contributed by atoms with Crippen molar-refractivity contribution in [2.45, 2.75) is 23.9 Å². The maximum absolute atomic E-state index is 14.1. The molecule has 0 aliphatic carbocycles. The zero-order chi connectivity index (χ0) is 26.7. The topological polar surface area (TPSA) is 143 Å². The van der Waals surface area contributed by atoms with Crippen LogP contribution in [-0.4, -0.2) is 37.6 Å². The number of anilines is 1. The van der Waals surface area contributed by atoms with E-state index in [9.17, 15) is 23.3 Å². The first kappa shape index (κ1) is 25.6. The first-order valence-electron chi connectivity index (χ1n) is 11.2. The van der Waals surface area contributed by atoms with E-state index >= 15 is 0 Å². The van der Waals surface area contributed by atoms with Gasteiger partial charge >= 0.3 is 0 Å². The molecule has 0 saturated heterocycles. The van der Waals surface area contributed by atoms with Gasteiger partial charge in [0.25, 0.3) is 0 Å². The molecule has 1 heterocycles. The number of carbonyl (C=O) groups is 2. The molecule has 0 spiro atoms. The molecule has 0 bridgehead atoms. The van der Waals surface area contributed by atoms with Crippen LogP contribution in [0.25, 0.3) is 0 Å². The number of Topliss-reactive ketones (excluding diaryl/α,β-unsaturated/α-hetero) is 1. The molecule has 3 N–H and O–H groups in total. The molecule has 37 heavy (non-hydrogen) atoms. The standard InChI is InChI=1S/C27H24N4O5S/c1-17(32)30-20-10-14-22(15-11-20)37(34,35)31-25(18-8-12-21(36-2)13-9-18)23(16-28)24(29)26(31)27(33)19-6-4-3-5-7-19/h3-15,25-26H,29H2,1-2H3,(H,30,32)/t25-,26+/m1/s1. The summed E-state index contributed by atoms with van der Waals surface area (Å²) in [6.07, 6.45) is 0. The van der Waals surface area contributed by atoms with Crippen molar-refractivity contribution in [1.82, 2.24) is 4.31 Å². The summed E-state index contributed by atoms with van der Waals surface area (Å²) >= 11 is 0. The first-order chi connectivity index (χ1) is 17.7. The van der Waals surface area contributed by atoms with Crippen LogP contribution in [0.5, 0.6) is 5.75 Å². The molecule has 0 fully saturated rings. The highest BCUT2D eigenvalue weighted by Crippen LogP contribution is 2.44. The molecule has 2 atom stereocenters. The van der Waals surface area contributed by atoms with Crippen molar-refractivity contribution in [3.05, 3.63) is 101 Å². The molecular weight excluding hydrogens is 492 g/mol. The van der Waals surface area contributed by atoms with E-state index in [1.807, 2.05) is 6.07 Å². The molecule has 1 amide bonds. The Hall–Kier alpha value is -4.46. The number of nitriles is 1. The van der Waals surface area contributed by atoms with Gasteiger partial charge in [0, 0.05) is 18.2 Å². The summed E-state index contributed by atoms with van der Waals surface area (Å²) in [5, 5.41) is 12.6. The summed E-state index contributed by atoms with van der Waals surface area (Å²) in [5.74, 6) is -0.323. The molecule has 0 radical (unpaired) electrons. The van der Waals surface area contributed by atoms with Gasteiger partial charge in [-0.25, -0.2) is 8.42 Å². The third-order valence-electron chi connectivity index (χ3n) is 6.00. The van der Waals surface area contributed by atoms with Gasteiger partial charge in [-0.15, -0.1) is 0 Å². The zero-order valence-electron chi connectivity index (χ0n) is 20.1. The third kappa shape index (κ3) is 4.82. The number of ether oxygens (including phenoxy) is 1. The summed E-state index contributed by atoms with van der Waals surface area (Å²) in [6, 6.07) is 19.7. The van der Waals surface area contributed by atoms with E-state index in [1.165, 1.54) is 38.3 Å². The van der Waals surface area contributed by atoms with Crippen molar-refractivity contribution in [2.24, 2.45) is 5.73 Å². The minimum atomic E-state index is -4.38. The van der Waals surface area contributed by atoms with E-state index in [2.05, 4.69) is 5.32 Å². The second-order valence-electron chi connectivity index (χ2n) is 8.33. The number of nitrogens with zero attached hydrogens (tertiary/aromatic N) is 2. The van der Waals surface area contributed by atoms with E-state index in [0.717, 1.165) is 4.31 Å². The predicted octanol–water partition coefficient (Wildman–Crippen LogP) is 3.39. The van der Waals surface area contributed by atoms with Gasteiger partial charge in [-0.05, 0) is 42.0 Å². The maximum Gasteiger partial charge on any atom is 0.245 e. The first-order valence-corrected chi connectivity index (χ1v) is 12.7. The molecule has 0 saturated carbocycles. The van der Waals surface area contributed by atoms with Crippen LogP contribution in [-0.2, 0) is 14.8 Å². The molecule has 188 valence electrons. The molecule has 3 aromatic rings. The minimum Gasteiger partial charge on any atom is -0.497 e. The third-order valence-corrected chi connectivity index (χ3v) is 7.84. The van der Waals surface area contributed by atoms with Crippen LogP contribution in [0.15, 0.2) is 95.0 Å². The van der Waals surface area contributed by atoms with Crippen molar-refractivity contribution in [2.75, 3.05) is 12.4 Å². The number of rotatable bonds is 7. The lowest BCUT2D eigenvalue weighted by molar-refractivity contribution is -0.114. The number of hydrogen-bond donors (Lipinski definition) is 2. The molecule has 4 rings (SSSR count). The second kappa shape index (κ2) is 10.3. The summed E-state index contributed by atoms with van der Waals surface area (Å²) in [4.78, 5) is 24.9. The van der Waals surface area contributed by atoms with Gasteiger partial charge in [-0.3, -0.25) is 9.59 Å². The summed E-state index contributed by atoms with van der Waals surface area (Å²) < 4.78 is 34.4. The Morgan fingerprint density at radius 2 is 1.62 bits per heavy atom. The SMILES string of the molecule is COc1ccc([C@@H]2C(C#N)=C(N)[C@@H](C(=O)c3ccccc3)N2S(=O)(=O)c2ccc(NC(C)=O)cc2)cc1. The van der Waals surface area contributed by atoms with Crippen LogP contribution in [0.2, 0.25) is 0 Å². The van der Waals surface area contributed by atoms with Crippen molar-refractivity contribution < 1.29 is 22.7 Å². The van der Waals surface area contributed by atoms with Crippen LogP contribution in [0.3, 0.4) is 0 Å². The van der Waals surface area contributed by atoms with Crippen LogP contribution < -0.4 is 15.8 Å². The van der Waals surface area contributed by atoms with Gasteiger partial charge in [-0.1, -0.05) is 42.5 Å². The minimum absolute atomic E-state index is 0.0297. The van der Waals surface area contributed by atoms with Gasteiger partial charge in [-0.2, -0.15) is 9.57 Å². The van der Waals surface area contributed by atoms with E-state index in [-0.39, 0.29) is 27.6 Å². The summed E-state index contributed by atoms with van der Waals surface area (Å²) in [6.45, 7) is 1.34. The molecule has 3 aromatic carbocycles. The fourth-order valence-corrected chi connectivity index (χ4v) is 5.99. The number of nitrogens with two attached hydrogens (primary N) is 1. The van der Waals surface area contributed by atoms with E-state index in [1.54, 1.807) is 54.6 Å². The largest absolute Gasteiger partial charge is 0.497 e. The molecule has 1 aliphatic heterocycles. The number of hydrogen-bond acceptors (Lipinski definition) is 7. The van der Waals surface area contributed by atoms with Crippen LogP contribution in [0, 0.1) is 11.3 Å². The number of amides is 1. The lowest BCUT2D eigenvalue weighted by Crippen LogP contribution is -2.45. The maximum atomic E-state index is 14.1. The molecule has 9 nitrogen and oxygen atoms in total. The van der Waals surface area contributed by atoms with Gasteiger partial charge in [0.2, 0.25) is 15.9 Å². The highest BCUT2D eigenvalue weighted by atomic mass is 32.2. The number of ketones is 1. The van der Waals surface area contributed by atoms with E-state index in [0.29, 0.717) is 17.0 Å². The molecule has 0 unspecified atom stereocenters. The number of benzene rings is 3. The average Bonchev–Trinajstić information content (AvgIpc) is 3.21. The number of carbonyl (C=O) groups excluding carboxylic acids is 2. The molecule has 0 aromatic heterocycles. The molecule has 10 heteroatoms. The van der Waals surface area contributed by atoms with Gasteiger partial charge in [0.1, 0.15) is 11.8 Å². The predicted molar refractivity (Wildman–Crippen MR) is 137 cm³/mol. The smallest absolute Gasteiger partial charge is 0.245 e. The fourth-order valence-electron chi connectivity index (χ4n) is 4.27. The van der Waals surface area contributed by atoms with Gasteiger partial charge < -0.3 is 15.8 Å². The molecular formula is C27H24N4O5S. The molecule has 1 aliphatic rings. The Balaban J connectivity index is 1.89. The van der Waals surface area contributed by atoms with E-state index < -0.39 is 27.9 Å². The van der Waals surface area contributed by atoms with Crippen molar-refractivity contribution >= 4 is 27.4 Å².